The van der Waals surface area contributed by atoms with Crippen molar-refractivity contribution >= 4 is 45.6 Å². The summed E-state index contributed by atoms with van der Waals surface area (Å²) >= 11 is 7.29. The number of rotatable bonds is 4. The van der Waals surface area contributed by atoms with E-state index in [1.165, 1.54) is 18.4 Å². The fourth-order valence-corrected chi connectivity index (χ4v) is 3.75. The van der Waals surface area contributed by atoms with Gasteiger partial charge in [0.15, 0.2) is 5.13 Å². The lowest BCUT2D eigenvalue weighted by atomic mass is 10.3. The summed E-state index contributed by atoms with van der Waals surface area (Å²) in [7, 11) is 1.53. The first-order valence-corrected chi connectivity index (χ1v) is 8.61. The summed E-state index contributed by atoms with van der Waals surface area (Å²) in [6, 6.07) is 5.02. The lowest BCUT2D eigenvalue weighted by Gasteiger charge is -2.10. The summed E-state index contributed by atoms with van der Waals surface area (Å²) in [5.74, 6) is 0.320. The maximum atomic E-state index is 12.5. The van der Waals surface area contributed by atoms with E-state index >= 15 is 0 Å². The van der Waals surface area contributed by atoms with Crippen molar-refractivity contribution in [3.63, 3.8) is 0 Å². The van der Waals surface area contributed by atoms with E-state index in [1.54, 1.807) is 30.0 Å². The summed E-state index contributed by atoms with van der Waals surface area (Å²) in [5, 5.41) is 3.79. The second-order valence-electron chi connectivity index (χ2n) is 5.36. The van der Waals surface area contributed by atoms with Gasteiger partial charge in [0.2, 0.25) is 5.91 Å². The molecule has 1 aromatic carbocycles. The first-order valence-electron chi connectivity index (χ1n) is 7.42. The van der Waals surface area contributed by atoms with Gasteiger partial charge in [-0.2, -0.15) is 0 Å². The molecule has 1 fully saturated rings. The maximum Gasteiger partial charge on any atom is 0.267 e. The van der Waals surface area contributed by atoms with Crippen molar-refractivity contribution in [3.05, 3.63) is 33.8 Å². The Bertz CT molecular complexity index is 806. The third kappa shape index (κ3) is 3.22. The molecule has 6 nitrogen and oxygen atoms in total. The van der Waals surface area contributed by atoms with Gasteiger partial charge in [0.25, 0.3) is 5.91 Å². The summed E-state index contributed by atoms with van der Waals surface area (Å²) in [6.07, 6.45) is 1.36. The van der Waals surface area contributed by atoms with Gasteiger partial charge >= 0.3 is 0 Å². The lowest BCUT2D eigenvalue weighted by Crippen LogP contribution is -2.23. The average Bonchev–Trinajstić information content (AvgIpc) is 3.13. The van der Waals surface area contributed by atoms with Crippen LogP contribution >= 0.6 is 22.9 Å². The Balaban J connectivity index is 1.79. The first kappa shape index (κ1) is 16.7. The van der Waals surface area contributed by atoms with E-state index in [-0.39, 0.29) is 11.8 Å². The number of carbonyl (C=O) groups excluding carboxylic acids is 2. The van der Waals surface area contributed by atoms with E-state index in [0.29, 0.717) is 45.1 Å². The van der Waals surface area contributed by atoms with Crippen LogP contribution in [0.4, 0.5) is 10.8 Å². The molecular formula is C16H16ClN3O3S. The normalized spacial score (nSPS) is 14.1. The number of nitrogens with one attached hydrogen (secondary N) is 1. The van der Waals surface area contributed by atoms with E-state index < -0.39 is 0 Å². The van der Waals surface area contributed by atoms with Gasteiger partial charge in [0.05, 0.1) is 17.8 Å². The van der Waals surface area contributed by atoms with E-state index in [4.69, 9.17) is 16.3 Å². The molecule has 126 valence electrons. The van der Waals surface area contributed by atoms with Crippen LogP contribution in [0.25, 0.3) is 0 Å². The zero-order valence-corrected chi connectivity index (χ0v) is 14.8. The molecule has 24 heavy (non-hydrogen) atoms. The van der Waals surface area contributed by atoms with Crippen molar-refractivity contribution < 1.29 is 14.3 Å². The number of anilines is 2. The summed E-state index contributed by atoms with van der Waals surface area (Å²) < 4.78 is 5.09. The Morgan fingerprint density at radius 3 is 2.88 bits per heavy atom. The highest BCUT2D eigenvalue weighted by Gasteiger charge is 2.26. The third-order valence-electron chi connectivity index (χ3n) is 3.71. The van der Waals surface area contributed by atoms with Gasteiger partial charge < -0.3 is 10.1 Å². The zero-order valence-electron chi connectivity index (χ0n) is 13.3. The molecule has 0 saturated carbocycles. The molecular weight excluding hydrogens is 350 g/mol. The lowest BCUT2D eigenvalue weighted by molar-refractivity contribution is -0.117. The monoisotopic (exact) mass is 365 g/mol. The van der Waals surface area contributed by atoms with Crippen molar-refractivity contribution in [2.75, 3.05) is 23.9 Å². The highest BCUT2D eigenvalue weighted by atomic mass is 35.5. The van der Waals surface area contributed by atoms with Gasteiger partial charge in [-0.1, -0.05) is 22.9 Å². The molecule has 2 amide bonds. The van der Waals surface area contributed by atoms with Crippen molar-refractivity contribution in [1.29, 1.82) is 0 Å². The minimum absolute atomic E-state index is 0.0534. The van der Waals surface area contributed by atoms with Crippen LogP contribution in [0.2, 0.25) is 5.02 Å². The topological polar surface area (TPSA) is 71.5 Å². The Labute approximate surface area is 148 Å². The molecule has 1 aromatic heterocycles. The number of amides is 2. The van der Waals surface area contributed by atoms with E-state index in [0.717, 1.165) is 6.42 Å². The van der Waals surface area contributed by atoms with Crippen LogP contribution in [-0.2, 0) is 4.79 Å². The van der Waals surface area contributed by atoms with Crippen LogP contribution < -0.4 is 15.0 Å². The molecule has 0 aliphatic carbocycles. The molecule has 1 aliphatic heterocycles. The molecule has 0 spiro atoms. The first-order chi connectivity index (χ1) is 11.5. The van der Waals surface area contributed by atoms with Gasteiger partial charge in [-0.3, -0.25) is 14.5 Å². The number of aromatic nitrogens is 1. The van der Waals surface area contributed by atoms with Crippen LogP contribution in [0.5, 0.6) is 5.75 Å². The minimum atomic E-state index is -0.274. The van der Waals surface area contributed by atoms with Crippen molar-refractivity contribution in [2.45, 2.75) is 19.8 Å². The SMILES string of the molecule is COc1ccc(NC(=O)c2sc(N3CCCC3=O)nc2C)cc1Cl. The van der Waals surface area contributed by atoms with E-state index in [1.807, 2.05) is 0 Å². The molecule has 3 rings (SSSR count). The van der Waals surface area contributed by atoms with Gasteiger partial charge in [-0.05, 0) is 31.5 Å². The molecule has 2 heterocycles. The summed E-state index contributed by atoms with van der Waals surface area (Å²) in [5.41, 5.74) is 1.17. The van der Waals surface area contributed by atoms with Gasteiger partial charge in [0, 0.05) is 18.7 Å². The number of aryl methyl sites for hydroxylation is 1. The molecule has 0 atom stereocenters. The number of thiazole rings is 1. The fraction of sp³-hybridized carbons (Fsp3) is 0.312. The number of ether oxygens (including phenoxy) is 1. The largest absolute Gasteiger partial charge is 0.495 e. The van der Waals surface area contributed by atoms with Gasteiger partial charge in [0.1, 0.15) is 10.6 Å². The standard InChI is InChI=1S/C16H16ClN3O3S/c1-9-14(24-16(18-9)20-7-3-4-13(20)21)15(22)19-10-5-6-12(23-2)11(17)8-10/h5-6,8H,3-4,7H2,1-2H3,(H,19,22). The molecule has 1 N–H and O–H groups in total. The van der Waals surface area contributed by atoms with Crippen LogP contribution in [-0.4, -0.2) is 30.5 Å². The number of carbonyl (C=O) groups is 2. The predicted octanol–water partition coefficient (Wildman–Crippen LogP) is 3.49. The van der Waals surface area contributed by atoms with Gasteiger partial charge in [-0.15, -0.1) is 0 Å². The molecule has 0 bridgehead atoms. The van der Waals surface area contributed by atoms with Crippen LogP contribution in [0, 0.1) is 6.92 Å². The second kappa shape index (κ2) is 6.78. The third-order valence-corrected chi connectivity index (χ3v) is 5.18. The van der Waals surface area contributed by atoms with Crippen LogP contribution in [0.1, 0.15) is 28.2 Å². The van der Waals surface area contributed by atoms with E-state index in [9.17, 15) is 9.59 Å². The molecule has 1 saturated heterocycles. The molecule has 8 heteroatoms. The fourth-order valence-electron chi connectivity index (χ4n) is 2.49. The quantitative estimate of drug-likeness (QED) is 0.900. The number of methoxy groups -OCH3 is 1. The Morgan fingerprint density at radius 1 is 1.46 bits per heavy atom. The maximum absolute atomic E-state index is 12.5. The Morgan fingerprint density at radius 2 is 2.25 bits per heavy atom. The number of nitrogens with zero attached hydrogens (tertiary/aromatic N) is 2. The highest BCUT2D eigenvalue weighted by molar-refractivity contribution is 7.18. The number of hydrogen-bond donors (Lipinski definition) is 1. The van der Waals surface area contributed by atoms with Crippen LogP contribution in [0.15, 0.2) is 18.2 Å². The highest BCUT2D eigenvalue weighted by Crippen LogP contribution is 2.31. The number of hydrogen-bond acceptors (Lipinski definition) is 5. The second-order valence-corrected chi connectivity index (χ2v) is 6.75. The Kier molecular flexibility index (Phi) is 4.73. The molecule has 0 unspecified atom stereocenters. The Hall–Kier alpha value is -2.12. The summed E-state index contributed by atoms with van der Waals surface area (Å²) in [6.45, 7) is 2.41. The molecule has 1 aliphatic rings. The average molecular weight is 366 g/mol. The van der Waals surface area contributed by atoms with Crippen molar-refractivity contribution in [2.24, 2.45) is 0 Å². The molecule has 2 aromatic rings. The smallest absolute Gasteiger partial charge is 0.267 e. The van der Waals surface area contributed by atoms with Crippen LogP contribution in [0.3, 0.4) is 0 Å². The van der Waals surface area contributed by atoms with Gasteiger partial charge in [-0.25, -0.2) is 4.98 Å². The summed E-state index contributed by atoms with van der Waals surface area (Å²) in [4.78, 5) is 30.8. The van der Waals surface area contributed by atoms with E-state index in [2.05, 4.69) is 10.3 Å². The molecule has 0 radical (unpaired) electrons. The minimum Gasteiger partial charge on any atom is -0.495 e. The number of halogens is 1. The predicted molar refractivity (Wildman–Crippen MR) is 94.4 cm³/mol. The number of benzene rings is 1. The zero-order chi connectivity index (χ0) is 17.3. The van der Waals surface area contributed by atoms with Crippen molar-refractivity contribution in [3.8, 4) is 5.75 Å². The van der Waals surface area contributed by atoms with Crippen molar-refractivity contribution in [1.82, 2.24) is 4.98 Å².